The first kappa shape index (κ1) is 30.6. The third-order valence-corrected chi connectivity index (χ3v) is 12.3. The van der Waals surface area contributed by atoms with Crippen molar-refractivity contribution in [1.82, 2.24) is 0 Å². The molecule has 0 saturated heterocycles. The number of fused-ring (bicyclic) bond motifs is 5. The van der Waals surface area contributed by atoms with Crippen molar-refractivity contribution in [3.8, 4) is 0 Å². The second kappa shape index (κ2) is 13.1. The van der Waals surface area contributed by atoms with Crippen molar-refractivity contribution < 1.29 is 19.4 Å². The first-order valence-corrected chi connectivity index (χ1v) is 16.7. The number of esters is 1. The number of hydrogen-bond acceptors (Lipinski definition) is 3. The van der Waals surface area contributed by atoms with Crippen LogP contribution >= 0.6 is 0 Å². The average Bonchev–Trinajstić information content (AvgIpc) is 3.27. The summed E-state index contributed by atoms with van der Waals surface area (Å²) in [4.78, 5) is 24.3. The number of rotatable bonds is 13. The predicted octanol–water partition coefficient (Wildman–Crippen LogP) is 9.36. The Morgan fingerprint density at radius 2 is 1.77 bits per heavy atom. The summed E-state index contributed by atoms with van der Waals surface area (Å²) >= 11 is 0. The molecule has 4 aliphatic rings. The van der Waals surface area contributed by atoms with Gasteiger partial charge in [0.1, 0.15) is 0 Å². The van der Waals surface area contributed by atoms with E-state index in [1.807, 2.05) is 6.92 Å². The summed E-state index contributed by atoms with van der Waals surface area (Å²) in [7, 11) is 0. The fourth-order valence-electron chi connectivity index (χ4n) is 9.98. The summed E-state index contributed by atoms with van der Waals surface area (Å²) in [6.45, 7) is 11.8. The molecule has 0 heterocycles. The lowest BCUT2D eigenvalue weighted by molar-refractivity contribution is -0.167. The van der Waals surface area contributed by atoms with Gasteiger partial charge in [-0.25, -0.2) is 4.79 Å². The lowest BCUT2D eigenvalue weighted by Crippen LogP contribution is -2.50. The van der Waals surface area contributed by atoms with Crippen molar-refractivity contribution in [2.45, 2.75) is 150 Å². The highest BCUT2D eigenvalue weighted by atomic mass is 16.6. The molecule has 4 nitrogen and oxygen atoms in total. The fraction of sp³-hybridized carbons (Fsp3) is 0.886. The van der Waals surface area contributed by atoms with Crippen molar-refractivity contribution in [2.75, 3.05) is 0 Å². The van der Waals surface area contributed by atoms with Crippen LogP contribution in [-0.2, 0) is 14.3 Å². The van der Waals surface area contributed by atoms with Crippen LogP contribution in [0.4, 0.5) is 0 Å². The molecule has 0 aliphatic heterocycles. The summed E-state index contributed by atoms with van der Waals surface area (Å²) in [5.41, 5.74) is 2.75. The topological polar surface area (TPSA) is 63.6 Å². The highest BCUT2D eigenvalue weighted by molar-refractivity contribution is 5.79. The minimum Gasteiger partial charge on any atom is -0.479 e. The van der Waals surface area contributed by atoms with E-state index in [2.05, 4.69) is 33.8 Å². The smallest absolute Gasteiger partial charge is 0.345 e. The van der Waals surface area contributed by atoms with Crippen molar-refractivity contribution >= 4 is 11.9 Å². The second-order valence-corrected chi connectivity index (χ2v) is 14.6. The normalized spacial score (nSPS) is 36.1. The third kappa shape index (κ3) is 6.45. The van der Waals surface area contributed by atoms with Gasteiger partial charge in [0.2, 0.25) is 0 Å². The lowest BCUT2D eigenvalue weighted by atomic mass is 9.47. The molecule has 4 heteroatoms. The van der Waals surface area contributed by atoms with E-state index in [0.717, 1.165) is 68.6 Å². The number of ether oxygens (including phenoxy) is 1. The maximum atomic E-state index is 12.7. The Morgan fingerprint density at radius 3 is 2.51 bits per heavy atom. The Bertz CT molecular complexity index is 878. The molecule has 222 valence electrons. The fourth-order valence-corrected chi connectivity index (χ4v) is 9.98. The van der Waals surface area contributed by atoms with E-state index >= 15 is 0 Å². The minimum atomic E-state index is -1.01. The average molecular weight is 543 g/mol. The van der Waals surface area contributed by atoms with Crippen LogP contribution in [0.2, 0.25) is 0 Å². The molecule has 0 bridgehead atoms. The van der Waals surface area contributed by atoms with Crippen molar-refractivity contribution in [3.63, 3.8) is 0 Å². The number of unbranched alkanes of at least 4 members (excludes halogenated alkanes) is 3. The first-order valence-electron chi connectivity index (χ1n) is 16.7. The van der Waals surface area contributed by atoms with Gasteiger partial charge in [0.15, 0.2) is 6.10 Å². The maximum absolute atomic E-state index is 12.7. The molecule has 39 heavy (non-hydrogen) atoms. The van der Waals surface area contributed by atoms with Gasteiger partial charge in [-0.1, -0.05) is 84.8 Å². The van der Waals surface area contributed by atoms with Crippen molar-refractivity contribution in [2.24, 2.45) is 46.3 Å². The number of carbonyl (C=O) groups excluding carboxylic acids is 1. The number of carboxylic acids is 1. The predicted molar refractivity (Wildman–Crippen MR) is 158 cm³/mol. The Labute approximate surface area is 239 Å². The van der Waals surface area contributed by atoms with E-state index in [0.29, 0.717) is 23.2 Å². The molecule has 1 N–H and O–H groups in total. The van der Waals surface area contributed by atoms with Crippen LogP contribution in [0.5, 0.6) is 0 Å². The Morgan fingerprint density at radius 1 is 0.974 bits per heavy atom. The molecule has 4 aliphatic carbocycles. The molecule has 0 aromatic carbocycles. The molecule has 9 atom stereocenters. The van der Waals surface area contributed by atoms with Gasteiger partial charge in [-0.2, -0.15) is 0 Å². The molecule has 0 spiro atoms. The molecule has 0 aromatic rings. The van der Waals surface area contributed by atoms with E-state index in [1.54, 1.807) is 5.57 Å². The number of allylic oxidation sites excluding steroid dienone is 2. The SMILES string of the molecule is CCCCCCC(OC(=O)C(C)CCC[C@@H](C)[C@H]1CCC2C3CC=C4CCCC[C@]4(C)C3CC[C@@]21C)C(=O)O. The van der Waals surface area contributed by atoms with Crippen molar-refractivity contribution in [1.29, 1.82) is 0 Å². The zero-order valence-electron chi connectivity index (χ0n) is 25.8. The molecule has 4 rings (SSSR count). The summed E-state index contributed by atoms with van der Waals surface area (Å²) < 4.78 is 5.45. The van der Waals surface area contributed by atoms with Crippen LogP contribution in [0.15, 0.2) is 11.6 Å². The van der Waals surface area contributed by atoms with E-state index in [9.17, 15) is 14.7 Å². The largest absolute Gasteiger partial charge is 0.479 e. The molecular formula is C35H58O4. The molecule has 3 saturated carbocycles. The first-order chi connectivity index (χ1) is 18.6. The van der Waals surface area contributed by atoms with Crippen LogP contribution in [-0.4, -0.2) is 23.1 Å². The highest BCUT2D eigenvalue weighted by Crippen LogP contribution is 2.67. The summed E-state index contributed by atoms with van der Waals surface area (Å²) in [6, 6.07) is 0. The number of aliphatic carboxylic acids is 1. The number of carboxylic acid groups (broad SMARTS) is 1. The molecule has 5 unspecified atom stereocenters. The van der Waals surface area contributed by atoms with Gasteiger partial charge >= 0.3 is 11.9 Å². The van der Waals surface area contributed by atoms with Crippen molar-refractivity contribution in [3.05, 3.63) is 11.6 Å². The Balaban J connectivity index is 1.26. The van der Waals surface area contributed by atoms with Gasteiger partial charge in [-0.05, 0) is 111 Å². The van der Waals surface area contributed by atoms with E-state index in [4.69, 9.17) is 4.74 Å². The van der Waals surface area contributed by atoms with Gasteiger partial charge in [0.05, 0.1) is 5.92 Å². The van der Waals surface area contributed by atoms with Gasteiger partial charge < -0.3 is 9.84 Å². The van der Waals surface area contributed by atoms with Gasteiger partial charge in [-0.3, -0.25) is 4.79 Å². The van der Waals surface area contributed by atoms with Crippen LogP contribution in [0.1, 0.15) is 144 Å². The van der Waals surface area contributed by atoms with Gasteiger partial charge in [0.25, 0.3) is 0 Å². The highest BCUT2D eigenvalue weighted by Gasteiger charge is 2.58. The van der Waals surface area contributed by atoms with Crippen LogP contribution in [0, 0.1) is 46.3 Å². The summed E-state index contributed by atoms with van der Waals surface area (Å²) in [5, 5.41) is 9.51. The Hall–Kier alpha value is -1.32. The van der Waals surface area contributed by atoms with Crippen LogP contribution in [0.25, 0.3) is 0 Å². The molecular weight excluding hydrogens is 484 g/mol. The zero-order valence-corrected chi connectivity index (χ0v) is 25.8. The summed E-state index contributed by atoms with van der Waals surface area (Å²) in [5.74, 6) is 2.53. The van der Waals surface area contributed by atoms with E-state index in [1.165, 1.54) is 57.8 Å². The second-order valence-electron chi connectivity index (χ2n) is 14.6. The number of carbonyl (C=O) groups is 2. The zero-order chi connectivity index (χ0) is 28.2. The lowest BCUT2D eigenvalue weighted by Gasteiger charge is -2.58. The monoisotopic (exact) mass is 542 g/mol. The Kier molecular flexibility index (Phi) is 10.3. The molecule has 0 amide bonds. The minimum absolute atomic E-state index is 0.239. The van der Waals surface area contributed by atoms with Crippen LogP contribution < -0.4 is 0 Å². The molecule has 3 fully saturated rings. The van der Waals surface area contributed by atoms with Gasteiger partial charge in [0, 0.05) is 0 Å². The molecule has 0 radical (unpaired) electrons. The maximum Gasteiger partial charge on any atom is 0.345 e. The van der Waals surface area contributed by atoms with Gasteiger partial charge in [-0.15, -0.1) is 0 Å². The van der Waals surface area contributed by atoms with E-state index in [-0.39, 0.29) is 11.9 Å². The molecule has 0 aromatic heterocycles. The van der Waals surface area contributed by atoms with E-state index < -0.39 is 12.1 Å². The summed E-state index contributed by atoms with van der Waals surface area (Å²) in [6.07, 6.45) is 21.5. The quantitative estimate of drug-likeness (QED) is 0.143. The van der Waals surface area contributed by atoms with Crippen LogP contribution in [0.3, 0.4) is 0 Å². The number of hydrogen-bond donors (Lipinski definition) is 1. The standard InChI is InChI=1S/C35H58O4/c1-6-7-8-9-16-31(32(36)37)39-33(38)25(3)14-12-13-24(2)28-19-20-29-27-18-17-26-15-10-11-22-34(26,4)30(27)21-23-35(28,29)5/h17,24-25,27-31H,6-16,18-23H2,1-5H3,(H,36,37)/t24-,25?,27?,28-,29?,30?,31?,34+,35-/m1/s1. The third-order valence-electron chi connectivity index (χ3n) is 12.3.